The van der Waals surface area contributed by atoms with Gasteiger partial charge in [-0.05, 0) is 73.5 Å². The van der Waals surface area contributed by atoms with E-state index in [4.69, 9.17) is 21.1 Å². The minimum Gasteiger partial charge on any atom is -0.497 e. The second-order valence-corrected chi connectivity index (χ2v) is 11.7. The Labute approximate surface area is 247 Å². The summed E-state index contributed by atoms with van der Waals surface area (Å²) in [5.41, 5.74) is 0.964. The van der Waals surface area contributed by atoms with Crippen molar-refractivity contribution in [3.05, 3.63) is 83.4 Å². The summed E-state index contributed by atoms with van der Waals surface area (Å²) in [5.74, 6) is 0.251. The van der Waals surface area contributed by atoms with Crippen LogP contribution < -0.4 is 19.1 Å². The van der Waals surface area contributed by atoms with E-state index >= 15 is 0 Å². The minimum absolute atomic E-state index is 0.0295. The van der Waals surface area contributed by atoms with E-state index in [0.29, 0.717) is 23.1 Å². The molecule has 0 unspecified atom stereocenters. The minimum atomic E-state index is -4.22. The summed E-state index contributed by atoms with van der Waals surface area (Å²) >= 11 is 6.21. The lowest BCUT2D eigenvalue weighted by Gasteiger charge is -2.32. The lowest BCUT2D eigenvalue weighted by atomic mass is 10.1. The summed E-state index contributed by atoms with van der Waals surface area (Å²) in [6.07, 6.45) is 1.70. The molecule has 3 aromatic rings. The largest absolute Gasteiger partial charge is 0.497 e. The van der Waals surface area contributed by atoms with Gasteiger partial charge in [0.25, 0.3) is 10.0 Å². The van der Waals surface area contributed by atoms with Gasteiger partial charge in [-0.25, -0.2) is 8.42 Å². The van der Waals surface area contributed by atoms with E-state index in [2.05, 4.69) is 5.32 Å². The number of methoxy groups -OCH3 is 2. The number of rotatable bonds is 14. The van der Waals surface area contributed by atoms with Gasteiger partial charge in [0.1, 0.15) is 24.1 Å². The molecule has 41 heavy (non-hydrogen) atoms. The summed E-state index contributed by atoms with van der Waals surface area (Å²) in [6, 6.07) is 18.4. The summed E-state index contributed by atoms with van der Waals surface area (Å²) < 4.78 is 39.2. The number of carbonyl (C=O) groups excluding carboxylic acids is 2. The van der Waals surface area contributed by atoms with Crippen molar-refractivity contribution in [2.45, 2.75) is 44.2 Å². The Morgan fingerprint density at radius 2 is 1.56 bits per heavy atom. The van der Waals surface area contributed by atoms with Gasteiger partial charge in [0.05, 0.1) is 24.8 Å². The highest BCUT2D eigenvalue weighted by Crippen LogP contribution is 2.28. The quantitative estimate of drug-likeness (QED) is 0.264. The molecule has 0 aliphatic heterocycles. The van der Waals surface area contributed by atoms with Crippen LogP contribution in [-0.2, 0) is 26.2 Å². The molecule has 0 aliphatic carbocycles. The van der Waals surface area contributed by atoms with Crippen LogP contribution in [0.1, 0.15) is 32.3 Å². The van der Waals surface area contributed by atoms with E-state index in [1.165, 1.54) is 42.3 Å². The number of ether oxygens (including phenoxy) is 2. The predicted molar refractivity (Wildman–Crippen MR) is 160 cm³/mol. The van der Waals surface area contributed by atoms with Crippen LogP contribution in [0.25, 0.3) is 0 Å². The van der Waals surface area contributed by atoms with Gasteiger partial charge in [-0.3, -0.25) is 13.9 Å². The van der Waals surface area contributed by atoms with Gasteiger partial charge in [0.15, 0.2) is 0 Å². The fourth-order valence-electron chi connectivity index (χ4n) is 4.08. The van der Waals surface area contributed by atoms with Gasteiger partial charge in [-0.15, -0.1) is 0 Å². The molecule has 11 heteroatoms. The molecule has 0 saturated carbocycles. The van der Waals surface area contributed by atoms with Gasteiger partial charge < -0.3 is 19.7 Å². The summed E-state index contributed by atoms with van der Waals surface area (Å²) in [7, 11) is -1.17. The maximum Gasteiger partial charge on any atom is 0.264 e. The SMILES string of the molecule is CCCCNC(=O)[C@@H](C)N(Cc1ccc(OC)cc1)C(=O)CN(c1cccc(Cl)c1)S(=O)(=O)c1ccc(OC)cc1. The molecule has 220 valence electrons. The molecule has 1 N–H and O–H groups in total. The Bertz CT molecular complexity index is 1410. The highest BCUT2D eigenvalue weighted by molar-refractivity contribution is 7.92. The number of nitrogens with zero attached hydrogens (tertiary/aromatic N) is 2. The van der Waals surface area contributed by atoms with Crippen LogP contribution >= 0.6 is 11.6 Å². The van der Waals surface area contributed by atoms with Crippen LogP contribution in [0.5, 0.6) is 11.5 Å². The molecule has 0 bridgehead atoms. The number of sulfonamides is 1. The average molecular weight is 602 g/mol. The lowest BCUT2D eigenvalue weighted by Crippen LogP contribution is -2.51. The van der Waals surface area contributed by atoms with E-state index in [9.17, 15) is 18.0 Å². The van der Waals surface area contributed by atoms with Gasteiger partial charge in [-0.1, -0.05) is 43.1 Å². The van der Waals surface area contributed by atoms with Crippen LogP contribution in [0, 0.1) is 0 Å². The smallest absolute Gasteiger partial charge is 0.264 e. The molecule has 2 amide bonds. The third kappa shape index (κ3) is 8.37. The topological polar surface area (TPSA) is 105 Å². The van der Waals surface area contributed by atoms with Crippen molar-refractivity contribution in [3.8, 4) is 11.5 Å². The number of hydrogen-bond donors (Lipinski definition) is 1. The number of unbranched alkanes of at least 4 members (excludes halogenated alkanes) is 1. The van der Waals surface area contributed by atoms with Crippen LogP contribution in [0.15, 0.2) is 77.7 Å². The molecule has 3 rings (SSSR count). The molecule has 0 aliphatic rings. The molecule has 0 heterocycles. The van der Waals surface area contributed by atoms with Crippen LogP contribution in [0.4, 0.5) is 5.69 Å². The Hall–Kier alpha value is -3.76. The number of halogens is 1. The van der Waals surface area contributed by atoms with Gasteiger partial charge in [0, 0.05) is 18.1 Å². The van der Waals surface area contributed by atoms with Crippen LogP contribution in [0.2, 0.25) is 5.02 Å². The van der Waals surface area contributed by atoms with E-state index in [1.807, 2.05) is 6.92 Å². The first-order valence-corrected chi connectivity index (χ1v) is 15.0. The van der Waals surface area contributed by atoms with E-state index in [0.717, 1.165) is 22.7 Å². The maximum atomic E-state index is 14.0. The first kappa shape index (κ1) is 31.8. The van der Waals surface area contributed by atoms with Crippen LogP contribution in [-0.4, -0.2) is 58.5 Å². The number of hydrogen-bond acceptors (Lipinski definition) is 6. The standard InChI is InChI=1S/C30H36ClN3O6S/c1-5-6-18-32-30(36)22(2)33(20-23-10-12-26(39-3)13-11-23)29(35)21-34(25-9-7-8-24(31)19-25)41(37,38)28-16-14-27(40-4)15-17-28/h7-17,19,22H,5-6,18,20-21H2,1-4H3,(H,32,36)/t22-/m1/s1. The number of benzene rings is 3. The van der Waals surface area contributed by atoms with Crippen molar-refractivity contribution >= 4 is 39.1 Å². The fraction of sp³-hybridized carbons (Fsp3) is 0.333. The number of carbonyl (C=O) groups is 2. The highest BCUT2D eigenvalue weighted by Gasteiger charge is 2.32. The zero-order valence-electron chi connectivity index (χ0n) is 23.7. The summed E-state index contributed by atoms with van der Waals surface area (Å²) in [5, 5.41) is 3.18. The summed E-state index contributed by atoms with van der Waals surface area (Å²) in [6.45, 7) is 3.65. The number of anilines is 1. The van der Waals surface area contributed by atoms with Gasteiger partial charge in [-0.2, -0.15) is 0 Å². The van der Waals surface area contributed by atoms with Crippen molar-refractivity contribution in [2.75, 3.05) is 31.6 Å². The monoisotopic (exact) mass is 601 g/mol. The molecule has 0 radical (unpaired) electrons. The Morgan fingerprint density at radius 3 is 2.12 bits per heavy atom. The molecular weight excluding hydrogens is 566 g/mol. The molecule has 9 nitrogen and oxygen atoms in total. The first-order valence-electron chi connectivity index (χ1n) is 13.2. The van der Waals surface area contributed by atoms with Crippen molar-refractivity contribution < 1.29 is 27.5 Å². The summed E-state index contributed by atoms with van der Waals surface area (Å²) in [4.78, 5) is 28.4. The Kier molecular flexibility index (Phi) is 11.4. The molecule has 1 atom stereocenters. The third-order valence-electron chi connectivity index (χ3n) is 6.53. The second-order valence-electron chi connectivity index (χ2n) is 9.36. The van der Waals surface area contributed by atoms with E-state index < -0.39 is 28.5 Å². The predicted octanol–water partition coefficient (Wildman–Crippen LogP) is 4.89. The molecule has 0 fully saturated rings. The van der Waals surface area contributed by atoms with Gasteiger partial charge >= 0.3 is 0 Å². The Morgan fingerprint density at radius 1 is 0.951 bits per heavy atom. The molecule has 3 aromatic carbocycles. The average Bonchev–Trinajstić information content (AvgIpc) is 2.98. The van der Waals surface area contributed by atoms with E-state index in [1.54, 1.807) is 56.5 Å². The molecule has 0 saturated heterocycles. The molecule has 0 aromatic heterocycles. The lowest BCUT2D eigenvalue weighted by molar-refractivity contribution is -0.139. The van der Waals surface area contributed by atoms with Crippen LogP contribution in [0.3, 0.4) is 0 Å². The zero-order valence-corrected chi connectivity index (χ0v) is 25.2. The molecular formula is C30H36ClN3O6S. The van der Waals surface area contributed by atoms with Gasteiger partial charge in [0.2, 0.25) is 11.8 Å². The Balaban J connectivity index is 2.00. The second kappa shape index (κ2) is 14.7. The third-order valence-corrected chi connectivity index (χ3v) is 8.55. The normalized spacial score (nSPS) is 11.8. The zero-order chi connectivity index (χ0) is 30.0. The fourth-order valence-corrected chi connectivity index (χ4v) is 5.67. The van der Waals surface area contributed by atoms with Crippen molar-refractivity contribution in [1.82, 2.24) is 10.2 Å². The van der Waals surface area contributed by atoms with Crippen molar-refractivity contribution in [3.63, 3.8) is 0 Å². The van der Waals surface area contributed by atoms with Crippen molar-refractivity contribution in [2.24, 2.45) is 0 Å². The van der Waals surface area contributed by atoms with Crippen molar-refractivity contribution in [1.29, 1.82) is 0 Å². The number of amides is 2. The highest BCUT2D eigenvalue weighted by atomic mass is 35.5. The first-order chi connectivity index (χ1) is 19.6. The van der Waals surface area contributed by atoms with E-state index in [-0.39, 0.29) is 23.0 Å². The number of nitrogens with one attached hydrogen (secondary N) is 1. The molecule has 0 spiro atoms. The maximum absolute atomic E-state index is 14.0.